The predicted octanol–water partition coefficient (Wildman–Crippen LogP) is -1.27. The van der Waals surface area contributed by atoms with E-state index in [1.807, 2.05) is 0 Å². The van der Waals surface area contributed by atoms with Crippen LogP contribution in [0.25, 0.3) is 0 Å². The highest BCUT2D eigenvalue weighted by molar-refractivity contribution is 8.77. The highest BCUT2D eigenvalue weighted by Crippen LogP contribution is 2.49. The highest BCUT2D eigenvalue weighted by Gasteiger charge is 2.43. The summed E-state index contributed by atoms with van der Waals surface area (Å²) in [6, 6.07) is 3.68. The van der Waals surface area contributed by atoms with E-state index in [2.05, 4.69) is 36.9 Å². The van der Waals surface area contributed by atoms with Gasteiger partial charge in [0.1, 0.15) is 54.1 Å². The molecular formula is C55H80N14O12S2. The van der Waals surface area contributed by atoms with Gasteiger partial charge in [-0.1, -0.05) is 97.2 Å². The molecule has 26 nitrogen and oxygen atoms in total. The van der Waals surface area contributed by atoms with Crippen molar-refractivity contribution in [3.8, 4) is 5.75 Å². The zero-order chi connectivity index (χ0) is 61.0. The Kier molecular flexibility index (Phi) is 25.3. The molecule has 28 heteroatoms. The Morgan fingerprint density at radius 2 is 1.39 bits per heavy atom. The maximum absolute atomic E-state index is 15.1. The Balaban J connectivity index is 1.56. The molecule has 454 valence electrons. The number of hydrogen-bond donors (Lipinski definition) is 12. The lowest BCUT2D eigenvalue weighted by Crippen LogP contribution is -2.61. The minimum Gasteiger partial charge on any atom is -0.508 e. The summed E-state index contributed by atoms with van der Waals surface area (Å²) >= 11 is 0. The number of aromatic hydroxyl groups is 1. The number of rotatable bonds is 20. The summed E-state index contributed by atoms with van der Waals surface area (Å²) < 4.78 is -0.764. The molecule has 1 aliphatic carbocycles. The molecule has 11 amide bonds. The molecule has 1 saturated carbocycles. The number of likely N-dealkylation sites (tertiary alicyclic amines) is 1. The van der Waals surface area contributed by atoms with Crippen molar-refractivity contribution < 1.29 is 57.8 Å². The first-order chi connectivity index (χ1) is 39.4. The highest BCUT2D eigenvalue weighted by atomic mass is 33.1. The van der Waals surface area contributed by atoms with E-state index >= 15 is 4.79 Å². The van der Waals surface area contributed by atoms with E-state index < -0.39 is 143 Å². The summed E-state index contributed by atoms with van der Waals surface area (Å²) in [5, 5.41) is 26.0. The second-order valence-corrected chi connectivity index (χ2v) is 24.4. The van der Waals surface area contributed by atoms with Gasteiger partial charge in [-0.05, 0) is 74.1 Å². The van der Waals surface area contributed by atoms with Gasteiger partial charge in [0, 0.05) is 56.3 Å². The molecule has 0 aromatic heterocycles. The van der Waals surface area contributed by atoms with Gasteiger partial charge in [-0.3, -0.25) is 57.7 Å². The molecule has 83 heavy (non-hydrogen) atoms. The number of guanidine groups is 1. The van der Waals surface area contributed by atoms with E-state index in [1.54, 1.807) is 56.3 Å². The lowest BCUT2D eigenvalue weighted by molar-refractivity contribution is -0.142. The fraction of sp³-hybridized carbons (Fsp3) is 0.564. The number of amides is 11. The van der Waals surface area contributed by atoms with Gasteiger partial charge < -0.3 is 75.5 Å². The number of benzene rings is 2. The van der Waals surface area contributed by atoms with Crippen molar-refractivity contribution in [2.75, 3.05) is 25.9 Å². The quantitative estimate of drug-likeness (QED) is 0.0318. The zero-order valence-corrected chi connectivity index (χ0v) is 48.7. The van der Waals surface area contributed by atoms with Crippen molar-refractivity contribution in [3.63, 3.8) is 0 Å². The van der Waals surface area contributed by atoms with Gasteiger partial charge in [-0.2, -0.15) is 0 Å². The molecule has 0 bridgehead atoms. The summed E-state index contributed by atoms with van der Waals surface area (Å²) in [5.74, 6) is -9.88. The first kappa shape index (κ1) is 66.2. The first-order valence-corrected chi connectivity index (χ1v) is 30.1. The largest absolute Gasteiger partial charge is 0.508 e. The third kappa shape index (κ3) is 20.3. The average molecular weight is 1190 g/mol. The van der Waals surface area contributed by atoms with Crippen molar-refractivity contribution in [1.82, 2.24) is 41.7 Å². The molecule has 2 aliphatic heterocycles. The topological polar surface area (TPSA) is 429 Å². The summed E-state index contributed by atoms with van der Waals surface area (Å²) in [4.78, 5) is 160. The molecule has 2 aromatic carbocycles. The smallest absolute Gasteiger partial charge is 0.246 e. The molecular weight excluding hydrogens is 1110 g/mol. The third-order valence-electron chi connectivity index (χ3n) is 14.8. The molecule has 0 unspecified atom stereocenters. The van der Waals surface area contributed by atoms with Crippen LogP contribution in [0.5, 0.6) is 5.75 Å². The fourth-order valence-electron chi connectivity index (χ4n) is 10.2. The Morgan fingerprint density at radius 1 is 0.759 bits per heavy atom. The van der Waals surface area contributed by atoms with Crippen LogP contribution in [0.3, 0.4) is 0 Å². The number of carbonyl (C=O) groups is 11. The number of phenols is 1. The molecule has 3 fully saturated rings. The maximum Gasteiger partial charge on any atom is 0.246 e. The van der Waals surface area contributed by atoms with E-state index in [9.17, 15) is 53.1 Å². The number of carbonyl (C=O) groups excluding carboxylic acids is 11. The Bertz CT molecular complexity index is 2670. The lowest BCUT2D eigenvalue weighted by atomic mass is 9.85. The van der Waals surface area contributed by atoms with Crippen LogP contribution < -0.4 is 60.6 Å². The molecule has 1 spiro atoms. The number of aliphatic imine (C=N–C) groups is 1. The molecule has 5 rings (SSSR count). The average Bonchev–Trinajstić information content (AvgIpc) is 4.12. The number of likely N-dealkylation sites (N-methyl/N-ethyl adjacent to an activating group) is 1. The van der Waals surface area contributed by atoms with Crippen LogP contribution in [0.1, 0.15) is 108 Å². The van der Waals surface area contributed by atoms with Crippen molar-refractivity contribution >= 4 is 92.5 Å². The maximum atomic E-state index is 15.1. The van der Waals surface area contributed by atoms with Gasteiger partial charge in [0.25, 0.3) is 0 Å². The number of nitrogens with zero attached hydrogens (tertiary/aromatic N) is 3. The molecule has 3 aliphatic rings. The van der Waals surface area contributed by atoms with Gasteiger partial charge >= 0.3 is 0 Å². The molecule has 0 radical (unpaired) electrons. The van der Waals surface area contributed by atoms with Gasteiger partial charge in [0.2, 0.25) is 65.0 Å². The van der Waals surface area contributed by atoms with Gasteiger partial charge in [0.05, 0.1) is 6.42 Å². The second-order valence-electron chi connectivity index (χ2n) is 21.6. The number of phenolic OH excluding ortho intramolecular Hbond substituents is 1. The van der Waals surface area contributed by atoms with Crippen LogP contribution in [0.15, 0.2) is 59.6 Å². The van der Waals surface area contributed by atoms with Crippen LogP contribution in [-0.4, -0.2) is 165 Å². The molecule has 2 saturated heterocycles. The van der Waals surface area contributed by atoms with E-state index in [0.717, 1.165) is 19.3 Å². The standard InChI is InChI=1S/C55H80N14O12S2/c1-31(2)45(46(58)74)67-48(76)35(14-10-24-61-54(59)60)63-51(79)40-15-11-25-69(40)53(81)39-30-82-83-55(22-8-5-9-23-55)29-44(73)68(3)41(27-33-16-18-34(70)19-17-33)52(80)65-37(26-32-12-6-4-7-13-32)49(77)62-36(20-21-42(56)71)47(75)64-38(28-43(57)72)50(78)66-39/h4,6-7,12-13,16-19,31,35-41,45,70H,5,8-11,14-15,20-30H2,1-3H3,(H2,56,71)(H2,57,72)(H2,58,74)(H,62,77)(H,63,79)(H,64,75)(H,65,80)(H,66,78)(H,67,76)(H4,59,60,61)/t35-,36-,37+,38+,39+,40-,41-,45-/m0/s1. The Hall–Kier alpha value is -7.62. The Morgan fingerprint density at radius 3 is 2.01 bits per heavy atom. The van der Waals surface area contributed by atoms with E-state index in [1.165, 1.54) is 50.6 Å². The van der Waals surface area contributed by atoms with Crippen LogP contribution in [0, 0.1) is 5.92 Å². The minimum absolute atomic E-state index is 0.00572. The number of hydrogen-bond acceptors (Lipinski definition) is 15. The van der Waals surface area contributed by atoms with Crippen LogP contribution in [0.2, 0.25) is 0 Å². The molecule has 2 heterocycles. The van der Waals surface area contributed by atoms with Crippen LogP contribution in [-0.2, 0) is 65.6 Å². The Labute approximate surface area is 490 Å². The predicted molar refractivity (Wildman–Crippen MR) is 311 cm³/mol. The third-order valence-corrected chi connectivity index (χ3v) is 18.1. The lowest BCUT2D eigenvalue weighted by Gasteiger charge is -2.38. The number of nitrogens with two attached hydrogens (primary N) is 5. The van der Waals surface area contributed by atoms with Crippen molar-refractivity contribution in [3.05, 3.63) is 65.7 Å². The SMILES string of the molecule is CC(C)[C@H](NC(=O)[C@H](CCCN=C(N)N)NC(=O)[C@@H]1CCCN1C(=O)[C@H]1CSSC2(CCCCC2)CC(=O)N(C)[C@@H](Cc2ccc(O)cc2)C(=O)N[C@H](Cc2ccccc2)C(=O)N[C@@H](CCC(N)=O)C(=O)N[C@H](CC(N)=O)C(=O)N1)C(N)=O. The minimum atomic E-state index is -1.78. The first-order valence-electron chi connectivity index (χ1n) is 27.8. The van der Waals surface area contributed by atoms with Gasteiger partial charge in [0.15, 0.2) is 5.96 Å². The number of primary amides is 3. The van der Waals surface area contributed by atoms with Crippen molar-refractivity contribution in [1.29, 1.82) is 0 Å². The zero-order valence-electron chi connectivity index (χ0n) is 47.1. The van der Waals surface area contributed by atoms with Gasteiger partial charge in [-0.15, -0.1) is 0 Å². The molecule has 2 aromatic rings. The normalized spacial score (nSPS) is 22.9. The fourth-order valence-corrected chi connectivity index (χ4v) is 13.6. The molecule has 8 atom stereocenters. The summed E-state index contributed by atoms with van der Waals surface area (Å²) in [6.07, 6.45) is 2.24. The summed E-state index contributed by atoms with van der Waals surface area (Å²) in [6.45, 7) is 3.48. The monoisotopic (exact) mass is 1190 g/mol. The van der Waals surface area contributed by atoms with E-state index in [-0.39, 0.29) is 69.1 Å². The van der Waals surface area contributed by atoms with Crippen LogP contribution in [0.4, 0.5) is 0 Å². The number of nitrogens with one attached hydrogen (secondary N) is 6. The second kappa shape index (κ2) is 31.7. The van der Waals surface area contributed by atoms with Gasteiger partial charge in [-0.25, -0.2) is 0 Å². The summed E-state index contributed by atoms with van der Waals surface area (Å²) in [5.41, 5.74) is 28.9. The van der Waals surface area contributed by atoms with E-state index in [4.69, 9.17) is 28.7 Å². The van der Waals surface area contributed by atoms with E-state index in [0.29, 0.717) is 30.4 Å². The van der Waals surface area contributed by atoms with Crippen LogP contribution >= 0.6 is 21.6 Å². The van der Waals surface area contributed by atoms with Crippen molar-refractivity contribution in [2.45, 2.75) is 163 Å². The molecule has 17 N–H and O–H groups in total. The van der Waals surface area contributed by atoms with Crippen molar-refractivity contribution in [2.24, 2.45) is 39.6 Å². The summed E-state index contributed by atoms with van der Waals surface area (Å²) in [7, 11) is 4.00.